The lowest BCUT2D eigenvalue weighted by atomic mass is 10.0. The van der Waals surface area contributed by atoms with Crippen LogP contribution in [0, 0.1) is 5.92 Å². The van der Waals surface area contributed by atoms with Crippen LogP contribution in [-0.4, -0.2) is 5.97 Å². The highest BCUT2D eigenvalue weighted by Crippen LogP contribution is 2.21. The fraction of sp³-hybridized carbons (Fsp3) is 0.308. The Morgan fingerprint density at radius 2 is 2.13 bits per heavy atom. The molecule has 0 N–H and O–H groups in total. The molecule has 0 bridgehead atoms. The first-order valence-corrected chi connectivity index (χ1v) is 5.05. The van der Waals surface area contributed by atoms with Gasteiger partial charge in [-0.05, 0) is 24.0 Å². The molecule has 0 heterocycles. The van der Waals surface area contributed by atoms with Crippen molar-refractivity contribution in [1.29, 1.82) is 0 Å². The number of carbonyl (C=O) groups is 1. The summed E-state index contributed by atoms with van der Waals surface area (Å²) in [6.07, 6.45) is 2.08. The van der Waals surface area contributed by atoms with E-state index in [4.69, 9.17) is 4.74 Å². The van der Waals surface area contributed by atoms with Crippen LogP contribution in [0.4, 0.5) is 0 Å². The van der Waals surface area contributed by atoms with Gasteiger partial charge in [0, 0.05) is 6.08 Å². The van der Waals surface area contributed by atoms with Crippen molar-refractivity contribution in [2.45, 2.75) is 20.3 Å². The molecule has 0 saturated carbocycles. The molecule has 0 aromatic heterocycles. The molecule has 1 rings (SSSR count). The van der Waals surface area contributed by atoms with Crippen LogP contribution in [0.25, 0.3) is 0 Å². The molecular weight excluding hydrogens is 188 g/mol. The first kappa shape index (κ1) is 11.5. The van der Waals surface area contributed by atoms with Crippen LogP contribution in [0.3, 0.4) is 0 Å². The van der Waals surface area contributed by atoms with Crippen molar-refractivity contribution in [1.82, 2.24) is 0 Å². The van der Waals surface area contributed by atoms with Gasteiger partial charge in [0.1, 0.15) is 5.75 Å². The van der Waals surface area contributed by atoms with Gasteiger partial charge >= 0.3 is 5.97 Å². The van der Waals surface area contributed by atoms with E-state index in [1.54, 1.807) is 6.07 Å². The SMILES string of the molecule is C=CC(=O)Oc1ccccc1CC(C)C. The van der Waals surface area contributed by atoms with Gasteiger partial charge in [-0.3, -0.25) is 0 Å². The number of carbonyl (C=O) groups excluding carboxylic acids is 1. The maximum Gasteiger partial charge on any atom is 0.335 e. The number of ether oxygens (including phenoxy) is 1. The van der Waals surface area contributed by atoms with Crippen LogP contribution >= 0.6 is 0 Å². The molecule has 2 heteroatoms. The Balaban J connectivity index is 2.85. The number of esters is 1. The normalized spacial score (nSPS) is 10.1. The van der Waals surface area contributed by atoms with Gasteiger partial charge in [-0.2, -0.15) is 0 Å². The highest BCUT2D eigenvalue weighted by molar-refractivity contribution is 5.83. The minimum absolute atomic E-state index is 0.411. The Labute approximate surface area is 90.6 Å². The van der Waals surface area contributed by atoms with Crippen LogP contribution in [0.1, 0.15) is 19.4 Å². The molecule has 80 valence electrons. The van der Waals surface area contributed by atoms with E-state index in [9.17, 15) is 4.79 Å². The maximum atomic E-state index is 11.1. The molecule has 0 unspecified atom stereocenters. The molecule has 0 aliphatic carbocycles. The number of benzene rings is 1. The quantitative estimate of drug-likeness (QED) is 0.428. The second kappa shape index (κ2) is 5.35. The second-order valence-electron chi connectivity index (χ2n) is 3.83. The predicted octanol–water partition coefficient (Wildman–Crippen LogP) is 2.98. The molecule has 0 amide bonds. The summed E-state index contributed by atoms with van der Waals surface area (Å²) >= 11 is 0. The van der Waals surface area contributed by atoms with Crippen molar-refractivity contribution in [3.63, 3.8) is 0 Å². The summed E-state index contributed by atoms with van der Waals surface area (Å²) in [5.41, 5.74) is 1.06. The molecule has 15 heavy (non-hydrogen) atoms. The monoisotopic (exact) mass is 204 g/mol. The average Bonchev–Trinajstić information content (AvgIpc) is 2.20. The minimum Gasteiger partial charge on any atom is -0.423 e. The van der Waals surface area contributed by atoms with Crippen LogP contribution in [0.2, 0.25) is 0 Å². The summed E-state index contributed by atoms with van der Waals surface area (Å²) in [6.45, 7) is 7.63. The smallest absolute Gasteiger partial charge is 0.335 e. The molecule has 0 saturated heterocycles. The van der Waals surface area contributed by atoms with E-state index in [0.29, 0.717) is 11.7 Å². The first-order valence-electron chi connectivity index (χ1n) is 5.05. The minimum atomic E-state index is -0.411. The summed E-state index contributed by atoms with van der Waals surface area (Å²) in [4.78, 5) is 11.1. The van der Waals surface area contributed by atoms with Gasteiger partial charge in [0.25, 0.3) is 0 Å². The topological polar surface area (TPSA) is 26.3 Å². The highest BCUT2D eigenvalue weighted by Gasteiger charge is 2.07. The summed E-state index contributed by atoms with van der Waals surface area (Å²) in [5.74, 6) is 0.760. The molecular formula is C13H16O2. The van der Waals surface area contributed by atoms with E-state index in [0.717, 1.165) is 12.0 Å². The van der Waals surface area contributed by atoms with E-state index >= 15 is 0 Å². The molecule has 0 radical (unpaired) electrons. The Bertz CT molecular complexity index is 353. The van der Waals surface area contributed by atoms with Crippen LogP contribution in [-0.2, 0) is 11.2 Å². The molecule has 0 atom stereocenters. The Kier molecular flexibility index (Phi) is 4.10. The number of hydrogen-bond acceptors (Lipinski definition) is 2. The first-order chi connectivity index (χ1) is 7.13. The van der Waals surface area contributed by atoms with Gasteiger partial charge in [0.15, 0.2) is 0 Å². The third kappa shape index (κ3) is 3.58. The molecule has 0 aliphatic rings. The zero-order valence-electron chi connectivity index (χ0n) is 9.19. The molecule has 0 fully saturated rings. The summed E-state index contributed by atoms with van der Waals surface area (Å²) < 4.78 is 5.14. The van der Waals surface area contributed by atoms with Crippen molar-refractivity contribution in [3.8, 4) is 5.75 Å². The van der Waals surface area contributed by atoms with Gasteiger partial charge in [0.2, 0.25) is 0 Å². The van der Waals surface area contributed by atoms with Crippen molar-refractivity contribution in [2.24, 2.45) is 5.92 Å². The third-order valence-corrected chi connectivity index (χ3v) is 1.98. The van der Waals surface area contributed by atoms with Gasteiger partial charge in [-0.15, -0.1) is 0 Å². The van der Waals surface area contributed by atoms with Crippen LogP contribution in [0.15, 0.2) is 36.9 Å². The molecule has 2 nitrogen and oxygen atoms in total. The van der Waals surface area contributed by atoms with Crippen molar-refractivity contribution < 1.29 is 9.53 Å². The summed E-state index contributed by atoms with van der Waals surface area (Å²) in [7, 11) is 0. The van der Waals surface area contributed by atoms with Gasteiger partial charge in [-0.1, -0.05) is 38.6 Å². The van der Waals surface area contributed by atoms with E-state index < -0.39 is 5.97 Å². The zero-order valence-corrected chi connectivity index (χ0v) is 9.19. The van der Waals surface area contributed by atoms with Gasteiger partial charge in [0.05, 0.1) is 0 Å². The zero-order chi connectivity index (χ0) is 11.3. The third-order valence-electron chi connectivity index (χ3n) is 1.98. The average molecular weight is 204 g/mol. The fourth-order valence-corrected chi connectivity index (χ4v) is 1.36. The fourth-order valence-electron chi connectivity index (χ4n) is 1.36. The highest BCUT2D eigenvalue weighted by atomic mass is 16.5. The maximum absolute atomic E-state index is 11.1. The molecule has 0 aliphatic heterocycles. The number of rotatable bonds is 4. The Morgan fingerprint density at radius 3 is 2.73 bits per heavy atom. The van der Waals surface area contributed by atoms with E-state index in [1.807, 2.05) is 18.2 Å². The Morgan fingerprint density at radius 1 is 1.47 bits per heavy atom. The predicted molar refractivity (Wildman–Crippen MR) is 60.8 cm³/mol. The standard InChI is InChI=1S/C13H16O2/c1-4-13(14)15-12-8-6-5-7-11(12)9-10(2)3/h4-8,10H,1,9H2,2-3H3. The second-order valence-corrected chi connectivity index (χ2v) is 3.83. The van der Waals surface area contributed by atoms with Crippen molar-refractivity contribution in [2.75, 3.05) is 0 Å². The van der Waals surface area contributed by atoms with Crippen molar-refractivity contribution in [3.05, 3.63) is 42.5 Å². The van der Waals surface area contributed by atoms with E-state index in [-0.39, 0.29) is 0 Å². The number of hydrogen-bond donors (Lipinski definition) is 0. The van der Waals surface area contributed by atoms with E-state index in [2.05, 4.69) is 20.4 Å². The molecule has 1 aromatic carbocycles. The van der Waals surface area contributed by atoms with Crippen LogP contribution in [0.5, 0.6) is 5.75 Å². The van der Waals surface area contributed by atoms with E-state index in [1.165, 1.54) is 6.08 Å². The van der Waals surface area contributed by atoms with Crippen LogP contribution < -0.4 is 4.74 Å². The van der Waals surface area contributed by atoms with Gasteiger partial charge < -0.3 is 4.74 Å². The lowest BCUT2D eigenvalue weighted by Crippen LogP contribution is -2.06. The Hall–Kier alpha value is -1.57. The van der Waals surface area contributed by atoms with Gasteiger partial charge in [-0.25, -0.2) is 4.79 Å². The summed E-state index contributed by atoms with van der Waals surface area (Å²) in [5, 5.41) is 0. The lowest BCUT2D eigenvalue weighted by molar-refractivity contribution is -0.129. The molecule has 0 spiro atoms. The molecule has 1 aromatic rings. The number of para-hydroxylation sites is 1. The lowest BCUT2D eigenvalue weighted by Gasteiger charge is -2.10. The van der Waals surface area contributed by atoms with Crippen molar-refractivity contribution >= 4 is 5.97 Å². The summed E-state index contributed by atoms with van der Waals surface area (Å²) in [6, 6.07) is 7.59. The largest absolute Gasteiger partial charge is 0.423 e.